The van der Waals surface area contributed by atoms with E-state index in [1.54, 1.807) is 0 Å². The van der Waals surface area contributed by atoms with E-state index in [4.69, 9.17) is 14.2 Å². The minimum atomic E-state index is -0.761. The molecule has 0 aliphatic heterocycles. The quantitative estimate of drug-likeness (QED) is 0.599. The maximum atomic E-state index is 12.0. The van der Waals surface area contributed by atoms with Gasteiger partial charge in [0.2, 0.25) is 11.6 Å². The second-order valence-electron chi connectivity index (χ2n) is 3.92. The van der Waals surface area contributed by atoms with E-state index >= 15 is 0 Å². The molecule has 0 saturated carbocycles. The molecule has 0 spiro atoms. The first kappa shape index (κ1) is 13.1. The molecule has 0 radical (unpaired) electrons. The highest BCUT2D eigenvalue weighted by atomic mass is 16.5. The highest BCUT2D eigenvalue weighted by molar-refractivity contribution is 6.51. The minimum absolute atomic E-state index is 0.0738. The zero-order chi connectivity index (χ0) is 14.2. The van der Waals surface area contributed by atoms with Gasteiger partial charge >= 0.3 is 0 Å². The molecule has 100 valence electrons. The van der Waals surface area contributed by atoms with Crippen LogP contribution in [0, 0.1) is 0 Å². The molecular weight excluding hydrogens is 252 g/mol. The molecule has 6 heteroatoms. The lowest BCUT2D eigenvalue weighted by molar-refractivity contribution is -0.114. The van der Waals surface area contributed by atoms with Gasteiger partial charge in [-0.15, -0.1) is 0 Å². The van der Waals surface area contributed by atoms with Crippen molar-refractivity contribution in [3.05, 3.63) is 17.2 Å². The zero-order valence-corrected chi connectivity index (χ0v) is 10.7. The van der Waals surface area contributed by atoms with Gasteiger partial charge in [-0.1, -0.05) is 0 Å². The van der Waals surface area contributed by atoms with E-state index in [-0.39, 0.29) is 28.4 Å². The van der Waals surface area contributed by atoms with E-state index < -0.39 is 23.8 Å². The Kier molecular flexibility index (Phi) is 3.25. The molecule has 0 atom stereocenters. The lowest BCUT2D eigenvalue weighted by Crippen LogP contribution is -2.28. The van der Waals surface area contributed by atoms with Gasteiger partial charge in [-0.05, 0) is 0 Å². The Balaban J connectivity index is 2.86. The topological polar surface area (TPSA) is 78.9 Å². The maximum absolute atomic E-state index is 12.0. The van der Waals surface area contributed by atoms with Gasteiger partial charge in [-0.25, -0.2) is 0 Å². The Morgan fingerprint density at radius 1 is 0.842 bits per heavy atom. The van der Waals surface area contributed by atoms with Gasteiger partial charge in [0.1, 0.15) is 5.75 Å². The van der Waals surface area contributed by atoms with Crippen LogP contribution in [0.25, 0.3) is 0 Å². The second-order valence-corrected chi connectivity index (χ2v) is 3.92. The molecule has 0 bridgehead atoms. The molecule has 0 amide bonds. The van der Waals surface area contributed by atoms with E-state index in [0.29, 0.717) is 0 Å². The van der Waals surface area contributed by atoms with Crippen molar-refractivity contribution < 1.29 is 28.6 Å². The number of carbonyl (C=O) groups excluding carboxylic acids is 3. The van der Waals surface area contributed by atoms with Crippen LogP contribution in [0.3, 0.4) is 0 Å². The van der Waals surface area contributed by atoms with Gasteiger partial charge in [0.05, 0.1) is 38.9 Å². The number of methoxy groups -OCH3 is 3. The Labute approximate surface area is 109 Å². The maximum Gasteiger partial charge on any atom is 0.233 e. The summed E-state index contributed by atoms with van der Waals surface area (Å²) in [4.78, 5) is 35.5. The highest BCUT2D eigenvalue weighted by Crippen LogP contribution is 2.42. The molecule has 2 rings (SSSR count). The van der Waals surface area contributed by atoms with E-state index in [2.05, 4.69) is 0 Å². The summed E-state index contributed by atoms with van der Waals surface area (Å²) in [5.41, 5.74) is -0.00954. The molecule has 0 aromatic heterocycles. The molecule has 1 aliphatic rings. The number of benzene rings is 1. The predicted octanol–water partition coefficient (Wildman–Crippen LogP) is 1.05. The van der Waals surface area contributed by atoms with Crippen molar-refractivity contribution in [2.24, 2.45) is 0 Å². The summed E-state index contributed by atoms with van der Waals surface area (Å²) in [7, 11) is 4.10. The summed E-state index contributed by atoms with van der Waals surface area (Å²) in [5, 5.41) is 0. The standard InChI is InChI=1S/C13H12O6/c1-17-8-5-9(18-2)13(19-3)11-10(8)6(14)4-7(15)12(11)16/h5H,4H2,1-3H3. The Morgan fingerprint density at radius 3 is 2.00 bits per heavy atom. The number of carbonyl (C=O) groups is 3. The Bertz CT molecular complexity index is 587. The van der Waals surface area contributed by atoms with Crippen molar-refractivity contribution in [2.75, 3.05) is 21.3 Å². The summed E-state index contributed by atoms with van der Waals surface area (Å²) < 4.78 is 15.3. The second kappa shape index (κ2) is 4.72. The molecule has 0 N–H and O–H groups in total. The molecule has 6 nitrogen and oxygen atoms in total. The number of fused-ring (bicyclic) bond motifs is 1. The first-order valence-corrected chi connectivity index (χ1v) is 5.48. The van der Waals surface area contributed by atoms with Crippen LogP contribution in [0.4, 0.5) is 0 Å². The third kappa shape index (κ3) is 1.85. The summed E-state index contributed by atoms with van der Waals surface area (Å²) in [6.45, 7) is 0. The fourth-order valence-corrected chi connectivity index (χ4v) is 2.08. The lowest BCUT2D eigenvalue weighted by Gasteiger charge is -2.20. The van der Waals surface area contributed by atoms with Crippen LogP contribution < -0.4 is 14.2 Å². The number of ketones is 3. The van der Waals surface area contributed by atoms with Crippen molar-refractivity contribution in [3.63, 3.8) is 0 Å². The average molecular weight is 264 g/mol. The summed E-state index contributed by atoms with van der Waals surface area (Å²) >= 11 is 0. The third-order valence-corrected chi connectivity index (χ3v) is 2.93. The van der Waals surface area contributed by atoms with Gasteiger partial charge in [-0.3, -0.25) is 14.4 Å². The predicted molar refractivity (Wildman–Crippen MR) is 64.4 cm³/mol. The van der Waals surface area contributed by atoms with Crippen molar-refractivity contribution in [1.29, 1.82) is 0 Å². The van der Waals surface area contributed by atoms with E-state index in [1.807, 2.05) is 0 Å². The van der Waals surface area contributed by atoms with Crippen molar-refractivity contribution in [2.45, 2.75) is 6.42 Å². The van der Waals surface area contributed by atoms with Crippen LogP contribution in [-0.2, 0) is 4.79 Å². The van der Waals surface area contributed by atoms with Gasteiger partial charge < -0.3 is 14.2 Å². The Hall–Kier alpha value is -2.37. The third-order valence-electron chi connectivity index (χ3n) is 2.93. The van der Waals surface area contributed by atoms with Gasteiger partial charge in [0, 0.05) is 6.07 Å². The smallest absolute Gasteiger partial charge is 0.233 e. The van der Waals surface area contributed by atoms with Gasteiger partial charge in [-0.2, -0.15) is 0 Å². The van der Waals surface area contributed by atoms with Crippen LogP contribution in [0.5, 0.6) is 17.2 Å². The van der Waals surface area contributed by atoms with Crippen LogP contribution in [-0.4, -0.2) is 38.7 Å². The lowest BCUT2D eigenvalue weighted by atomic mass is 9.87. The molecular formula is C13H12O6. The molecule has 0 saturated heterocycles. The average Bonchev–Trinajstić information content (AvgIpc) is 2.42. The normalized spacial score (nSPS) is 14.2. The summed E-state index contributed by atoms with van der Waals surface area (Å²) in [6, 6.07) is 1.46. The molecule has 1 aromatic carbocycles. The number of rotatable bonds is 3. The first-order chi connectivity index (χ1) is 9.04. The van der Waals surface area contributed by atoms with Crippen LogP contribution >= 0.6 is 0 Å². The molecule has 1 aliphatic carbocycles. The molecule has 0 fully saturated rings. The van der Waals surface area contributed by atoms with Crippen LogP contribution in [0.2, 0.25) is 0 Å². The largest absolute Gasteiger partial charge is 0.496 e. The monoisotopic (exact) mass is 264 g/mol. The Morgan fingerprint density at radius 2 is 1.47 bits per heavy atom. The van der Waals surface area contributed by atoms with Crippen LogP contribution in [0.1, 0.15) is 27.1 Å². The van der Waals surface area contributed by atoms with Crippen molar-refractivity contribution >= 4 is 17.3 Å². The highest BCUT2D eigenvalue weighted by Gasteiger charge is 2.37. The van der Waals surface area contributed by atoms with Crippen molar-refractivity contribution in [3.8, 4) is 17.2 Å². The summed E-state index contributed by atoms with van der Waals surface area (Å²) in [6.07, 6.45) is -0.447. The molecule has 1 aromatic rings. The van der Waals surface area contributed by atoms with Gasteiger partial charge in [0.15, 0.2) is 17.3 Å². The van der Waals surface area contributed by atoms with Crippen molar-refractivity contribution in [1.82, 2.24) is 0 Å². The SMILES string of the molecule is COc1cc(OC)c2c(c1OC)C(=O)C(=O)CC2=O. The van der Waals surface area contributed by atoms with E-state index in [1.165, 1.54) is 27.4 Å². The fourth-order valence-electron chi connectivity index (χ4n) is 2.08. The van der Waals surface area contributed by atoms with E-state index in [0.717, 1.165) is 0 Å². The number of ether oxygens (including phenoxy) is 3. The molecule has 0 unspecified atom stereocenters. The number of hydrogen-bond donors (Lipinski definition) is 0. The molecule has 19 heavy (non-hydrogen) atoms. The summed E-state index contributed by atoms with van der Waals surface area (Å²) in [5.74, 6) is -1.48. The van der Waals surface area contributed by atoms with Crippen LogP contribution in [0.15, 0.2) is 6.07 Å². The molecule has 0 heterocycles. The fraction of sp³-hybridized carbons (Fsp3) is 0.308. The van der Waals surface area contributed by atoms with Gasteiger partial charge in [0.25, 0.3) is 0 Å². The minimum Gasteiger partial charge on any atom is -0.496 e. The number of hydrogen-bond acceptors (Lipinski definition) is 6. The zero-order valence-electron chi connectivity index (χ0n) is 10.7. The number of Topliss-reactive ketones (excluding diaryl/α,β-unsaturated/α-hetero) is 3. The first-order valence-electron chi connectivity index (χ1n) is 5.48. The van der Waals surface area contributed by atoms with E-state index in [9.17, 15) is 14.4 Å².